The predicted molar refractivity (Wildman–Crippen MR) is 84.4 cm³/mol. The minimum atomic E-state index is 0.487. The SMILES string of the molecule is CNC(CCC1CCCO1)Cc1nc2ccccc2s1. The zero-order valence-electron chi connectivity index (χ0n) is 12.0. The third-order valence-electron chi connectivity index (χ3n) is 4.03. The van der Waals surface area contributed by atoms with Crippen molar-refractivity contribution in [3.63, 3.8) is 0 Å². The Morgan fingerprint density at radius 3 is 3.10 bits per heavy atom. The molecule has 1 aliphatic rings. The summed E-state index contributed by atoms with van der Waals surface area (Å²) in [6.45, 7) is 0.951. The van der Waals surface area contributed by atoms with Crippen molar-refractivity contribution in [2.24, 2.45) is 0 Å². The third-order valence-corrected chi connectivity index (χ3v) is 5.09. The maximum atomic E-state index is 5.71. The molecule has 0 spiro atoms. The van der Waals surface area contributed by atoms with Crippen molar-refractivity contribution in [1.82, 2.24) is 10.3 Å². The Labute approximate surface area is 124 Å². The van der Waals surface area contributed by atoms with Crippen molar-refractivity contribution in [2.45, 2.75) is 44.2 Å². The van der Waals surface area contributed by atoms with Gasteiger partial charge in [-0.2, -0.15) is 0 Å². The molecule has 1 N–H and O–H groups in total. The molecule has 1 fully saturated rings. The largest absolute Gasteiger partial charge is 0.378 e. The lowest BCUT2D eigenvalue weighted by atomic mass is 10.0. The first-order valence-electron chi connectivity index (χ1n) is 7.48. The molecule has 2 heterocycles. The van der Waals surface area contributed by atoms with Crippen LogP contribution in [0.4, 0.5) is 0 Å². The molecular weight excluding hydrogens is 268 g/mol. The molecule has 1 saturated heterocycles. The molecule has 0 amide bonds. The summed E-state index contributed by atoms with van der Waals surface area (Å²) in [6.07, 6.45) is 6.29. The first kappa shape index (κ1) is 14.0. The van der Waals surface area contributed by atoms with E-state index in [0.717, 1.165) is 31.4 Å². The fourth-order valence-electron chi connectivity index (χ4n) is 2.83. The number of likely N-dealkylation sites (N-methyl/N-ethyl adjacent to an activating group) is 1. The fourth-order valence-corrected chi connectivity index (χ4v) is 3.87. The number of rotatable bonds is 6. The van der Waals surface area contributed by atoms with Crippen molar-refractivity contribution in [3.05, 3.63) is 29.3 Å². The topological polar surface area (TPSA) is 34.1 Å². The molecule has 2 aromatic rings. The highest BCUT2D eigenvalue weighted by molar-refractivity contribution is 7.18. The lowest BCUT2D eigenvalue weighted by Gasteiger charge is -2.17. The third kappa shape index (κ3) is 3.37. The molecule has 3 nitrogen and oxygen atoms in total. The van der Waals surface area contributed by atoms with Gasteiger partial charge in [-0.15, -0.1) is 11.3 Å². The Bertz CT molecular complexity index is 515. The number of hydrogen-bond donors (Lipinski definition) is 1. The number of nitrogens with one attached hydrogen (secondary N) is 1. The van der Waals surface area contributed by atoms with Crippen LogP contribution in [0.5, 0.6) is 0 Å². The van der Waals surface area contributed by atoms with Gasteiger partial charge in [0.15, 0.2) is 0 Å². The number of thiazole rings is 1. The second-order valence-electron chi connectivity index (χ2n) is 5.48. The second kappa shape index (κ2) is 6.66. The van der Waals surface area contributed by atoms with Gasteiger partial charge in [-0.3, -0.25) is 0 Å². The Hall–Kier alpha value is -0.970. The molecular formula is C16H22N2OS. The molecule has 2 atom stereocenters. The lowest BCUT2D eigenvalue weighted by Crippen LogP contribution is -2.28. The van der Waals surface area contributed by atoms with E-state index in [1.54, 1.807) is 0 Å². The smallest absolute Gasteiger partial charge is 0.0954 e. The van der Waals surface area contributed by atoms with Crippen LogP contribution >= 0.6 is 11.3 Å². The summed E-state index contributed by atoms with van der Waals surface area (Å²) in [5, 5.41) is 4.66. The highest BCUT2D eigenvalue weighted by Gasteiger charge is 2.18. The first-order chi connectivity index (χ1) is 9.85. The number of para-hydroxylation sites is 1. The van der Waals surface area contributed by atoms with Crippen LogP contribution in [0.15, 0.2) is 24.3 Å². The van der Waals surface area contributed by atoms with E-state index in [2.05, 4.69) is 29.6 Å². The predicted octanol–water partition coefficient (Wildman–Crippen LogP) is 3.39. The van der Waals surface area contributed by atoms with Gasteiger partial charge in [-0.1, -0.05) is 12.1 Å². The average molecular weight is 290 g/mol. The van der Waals surface area contributed by atoms with E-state index in [-0.39, 0.29) is 0 Å². The van der Waals surface area contributed by atoms with Gasteiger partial charge >= 0.3 is 0 Å². The average Bonchev–Trinajstić information content (AvgIpc) is 3.11. The highest BCUT2D eigenvalue weighted by atomic mass is 32.1. The van der Waals surface area contributed by atoms with E-state index in [4.69, 9.17) is 9.72 Å². The highest BCUT2D eigenvalue weighted by Crippen LogP contribution is 2.24. The molecule has 108 valence electrons. The van der Waals surface area contributed by atoms with Gasteiger partial charge in [-0.05, 0) is 44.9 Å². The molecule has 1 aromatic carbocycles. The van der Waals surface area contributed by atoms with E-state index in [1.807, 2.05) is 18.4 Å². The van der Waals surface area contributed by atoms with Crippen molar-refractivity contribution >= 4 is 21.6 Å². The maximum Gasteiger partial charge on any atom is 0.0954 e. The number of ether oxygens (including phenoxy) is 1. The van der Waals surface area contributed by atoms with Crippen molar-refractivity contribution in [3.8, 4) is 0 Å². The molecule has 0 radical (unpaired) electrons. The Morgan fingerprint density at radius 1 is 1.45 bits per heavy atom. The van der Waals surface area contributed by atoms with E-state index < -0.39 is 0 Å². The van der Waals surface area contributed by atoms with Crippen LogP contribution in [0.25, 0.3) is 10.2 Å². The van der Waals surface area contributed by atoms with Gasteiger partial charge in [0, 0.05) is 19.1 Å². The van der Waals surface area contributed by atoms with Crippen molar-refractivity contribution < 1.29 is 4.74 Å². The lowest BCUT2D eigenvalue weighted by molar-refractivity contribution is 0.0998. The van der Waals surface area contributed by atoms with E-state index in [0.29, 0.717) is 12.1 Å². The summed E-state index contributed by atoms with van der Waals surface area (Å²) < 4.78 is 6.99. The van der Waals surface area contributed by atoms with Gasteiger partial charge in [0.25, 0.3) is 0 Å². The summed E-state index contributed by atoms with van der Waals surface area (Å²) >= 11 is 1.82. The molecule has 1 aromatic heterocycles. The molecule has 2 unspecified atom stereocenters. The van der Waals surface area contributed by atoms with Gasteiger partial charge in [0.05, 0.1) is 21.3 Å². The quantitative estimate of drug-likeness (QED) is 0.885. The van der Waals surface area contributed by atoms with Crippen LogP contribution in [0.1, 0.15) is 30.7 Å². The number of aromatic nitrogens is 1. The normalized spacial score (nSPS) is 20.6. The number of fused-ring (bicyclic) bond motifs is 1. The van der Waals surface area contributed by atoms with Crippen LogP contribution in [0, 0.1) is 0 Å². The van der Waals surface area contributed by atoms with Crippen LogP contribution in [-0.4, -0.2) is 30.8 Å². The van der Waals surface area contributed by atoms with E-state index in [9.17, 15) is 0 Å². The zero-order chi connectivity index (χ0) is 13.8. The standard InChI is InChI=1S/C16H22N2OS/c1-17-12(8-9-13-5-4-10-19-13)11-16-18-14-6-2-3-7-15(14)20-16/h2-3,6-7,12-13,17H,4-5,8-11H2,1H3. The number of benzene rings is 1. The van der Waals surface area contributed by atoms with E-state index >= 15 is 0 Å². The Kier molecular flexibility index (Phi) is 4.65. The van der Waals surface area contributed by atoms with Gasteiger partial charge in [0.1, 0.15) is 0 Å². The summed E-state index contributed by atoms with van der Waals surface area (Å²) in [6, 6.07) is 8.88. The monoisotopic (exact) mass is 290 g/mol. The van der Waals surface area contributed by atoms with E-state index in [1.165, 1.54) is 22.5 Å². The molecule has 0 saturated carbocycles. The molecule has 0 aliphatic carbocycles. The minimum Gasteiger partial charge on any atom is -0.378 e. The number of nitrogens with zero attached hydrogens (tertiary/aromatic N) is 1. The second-order valence-corrected chi connectivity index (χ2v) is 6.59. The number of hydrogen-bond acceptors (Lipinski definition) is 4. The molecule has 0 bridgehead atoms. The van der Waals surface area contributed by atoms with Crippen LogP contribution < -0.4 is 5.32 Å². The van der Waals surface area contributed by atoms with Gasteiger partial charge in [-0.25, -0.2) is 4.98 Å². The van der Waals surface area contributed by atoms with Crippen molar-refractivity contribution in [1.29, 1.82) is 0 Å². The van der Waals surface area contributed by atoms with Crippen LogP contribution in [0.3, 0.4) is 0 Å². The van der Waals surface area contributed by atoms with Crippen LogP contribution in [0.2, 0.25) is 0 Å². The minimum absolute atomic E-state index is 0.487. The fraction of sp³-hybridized carbons (Fsp3) is 0.562. The Balaban J connectivity index is 1.58. The Morgan fingerprint density at radius 2 is 2.35 bits per heavy atom. The summed E-state index contributed by atoms with van der Waals surface area (Å²) in [7, 11) is 2.05. The molecule has 1 aliphatic heterocycles. The molecule has 3 rings (SSSR count). The first-order valence-corrected chi connectivity index (χ1v) is 8.30. The summed E-state index contributed by atoms with van der Waals surface area (Å²) in [5.41, 5.74) is 1.13. The van der Waals surface area contributed by atoms with Gasteiger partial charge in [0.2, 0.25) is 0 Å². The molecule has 20 heavy (non-hydrogen) atoms. The summed E-state index contributed by atoms with van der Waals surface area (Å²) in [5.74, 6) is 0. The van der Waals surface area contributed by atoms with Crippen molar-refractivity contribution in [2.75, 3.05) is 13.7 Å². The zero-order valence-corrected chi connectivity index (χ0v) is 12.8. The van der Waals surface area contributed by atoms with Crippen LogP contribution in [-0.2, 0) is 11.2 Å². The van der Waals surface area contributed by atoms with Gasteiger partial charge < -0.3 is 10.1 Å². The maximum absolute atomic E-state index is 5.71. The summed E-state index contributed by atoms with van der Waals surface area (Å²) in [4.78, 5) is 4.73. The molecule has 4 heteroatoms.